The minimum absolute atomic E-state index is 0.0738. The highest BCUT2D eigenvalue weighted by atomic mass is 19.3. The third-order valence-electron chi connectivity index (χ3n) is 4.11. The Labute approximate surface area is 152 Å². The summed E-state index contributed by atoms with van der Waals surface area (Å²) in [6, 6.07) is 6.02. The SMILES string of the molecule is O=C(/C=C/c1ccc(OC(F)F)cc1)NCCCN1CCCCCC1=O. The van der Waals surface area contributed by atoms with Gasteiger partial charge in [0.2, 0.25) is 11.8 Å². The Bertz CT molecular complexity index is 618. The van der Waals surface area contributed by atoms with Crippen molar-refractivity contribution in [3.8, 4) is 5.75 Å². The first kappa shape index (κ1) is 19.9. The number of carbonyl (C=O) groups excluding carboxylic acids is 2. The monoisotopic (exact) mass is 366 g/mol. The van der Waals surface area contributed by atoms with Gasteiger partial charge >= 0.3 is 6.61 Å². The Morgan fingerprint density at radius 3 is 2.73 bits per heavy atom. The molecular formula is C19H24F2N2O3. The lowest BCUT2D eigenvalue weighted by atomic mass is 10.2. The van der Waals surface area contributed by atoms with Crippen LogP contribution in [0.25, 0.3) is 6.08 Å². The Hall–Kier alpha value is -2.44. The number of halogens is 2. The second-order valence-corrected chi connectivity index (χ2v) is 6.12. The molecule has 26 heavy (non-hydrogen) atoms. The molecule has 0 aromatic heterocycles. The van der Waals surface area contributed by atoms with E-state index in [0.29, 0.717) is 31.5 Å². The van der Waals surface area contributed by atoms with E-state index in [1.54, 1.807) is 18.2 Å². The molecule has 1 N–H and O–H groups in total. The van der Waals surface area contributed by atoms with Crippen LogP contribution in [0.3, 0.4) is 0 Å². The van der Waals surface area contributed by atoms with Crippen molar-refractivity contribution in [3.63, 3.8) is 0 Å². The van der Waals surface area contributed by atoms with Gasteiger partial charge in [-0.15, -0.1) is 0 Å². The van der Waals surface area contributed by atoms with Gasteiger partial charge in [-0.05, 0) is 43.0 Å². The van der Waals surface area contributed by atoms with Crippen LogP contribution < -0.4 is 10.1 Å². The average Bonchev–Trinajstić information content (AvgIpc) is 2.82. The molecule has 0 saturated carbocycles. The standard InChI is InChI=1S/C19H24F2N2O3/c20-19(21)26-16-9-6-15(7-10-16)8-11-17(24)22-12-4-14-23-13-3-1-2-5-18(23)25/h6-11,19H,1-5,12-14H2,(H,22,24)/b11-8+. The second kappa shape index (κ2) is 10.5. The van der Waals surface area contributed by atoms with E-state index in [1.165, 1.54) is 18.2 Å². The van der Waals surface area contributed by atoms with Crippen LogP contribution in [0.1, 0.15) is 37.7 Å². The van der Waals surface area contributed by atoms with Crippen LogP contribution >= 0.6 is 0 Å². The average molecular weight is 366 g/mol. The largest absolute Gasteiger partial charge is 0.435 e. The summed E-state index contributed by atoms with van der Waals surface area (Å²) in [7, 11) is 0. The third kappa shape index (κ3) is 7.21. The van der Waals surface area contributed by atoms with Gasteiger partial charge in [-0.3, -0.25) is 9.59 Å². The first-order chi connectivity index (χ1) is 12.5. The normalized spacial score (nSPS) is 15.3. The molecule has 0 bridgehead atoms. The minimum atomic E-state index is -2.85. The van der Waals surface area contributed by atoms with Gasteiger partial charge < -0.3 is 15.0 Å². The predicted molar refractivity (Wildman–Crippen MR) is 94.8 cm³/mol. The number of carbonyl (C=O) groups is 2. The molecule has 1 saturated heterocycles. The van der Waals surface area contributed by atoms with Crippen LogP contribution in [-0.2, 0) is 9.59 Å². The number of nitrogens with one attached hydrogen (secondary N) is 1. The fourth-order valence-corrected chi connectivity index (χ4v) is 2.75. The van der Waals surface area contributed by atoms with Crippen molar-refractivity contribution in [1.82, 2.24) is 10.2 Å². The van der Waals surface area contributed by atoms with E-state index in [9.17, 15) is 18.4 Å². The molecule has 5 nitrogen and oxygen atoms in total. The zero-order chi connectivity index (χ0) is 18.8. The van der Waals surface area contributed by atoms with Crippen LogP contribution in [0.4, 0.5) is 8.78 Å². The molecule has 0 unspecified atom stereocenters. The number of hydrogen-bond donors (Lipinski definition) is 1. The molecule has 142 valence electrons. The van der Waals surface area contributed by atoms with Crippen molar-refractivity contribution >= 4 is 17.9 Å². The highest BCUT2D eigenvalue weighted by molar-refractivity contribution is 5.91. The summed E-state index contributed by atoms with van der Waals surface area (Å²) < 4.78 is 28.4. The Morgan fingerprint density at radius 2 is 2.00 bits per heavy atom. The van der Waals surface area contributed by atoms with Crippen molar-refractivity contribution in [3.05, 3.63) is 35.9 Å². The number of ether oxygens (including phenoxy) is 1. The van der Waals surface area contributed by atoms with Crippen LogP contribution in [0.5, 0.6) is 5.75 Å². The molecule has 1 heterocycles. The maximum Gasteiger partial charge on any atom is 0.387 e. The maximum absolute atomic E-state index is 12.1. The summed E-state index contributed by atoms with van der Waals surface area (Å²) in [6.45, 7) is -0.896. The first-order valence-electron chi connectivity index (χ1n) is 8.83. The molecule has 2 amide bonds. The van der Waals surface area contributed by atoms with Crippen LogP contribution in [0, 0.1) is 0 Å². The molecule has 7 heteroatoms. The van der Waals surface area contributed by atoms with E-state index in [4.69, 9.17) is 0 Å². The Balaban J connectivity index is 1.68. The van der Waals surface area contributed by atoms with Crippen LogP contribution in [0.15, 0.2) is 30.3 Å². The van der Waals surface area contributed by atoms with E-state index in [2.05, 4.69) is 10.1 Å². The van der Waals surface area contributed by atoms with E-state index < -0.39 is 6.61 Å². The molecule has 1 aromatic carbocycles. The second-order valence-electron chi connectivity index (χ2n) is 6.12. The number of hydrogen-bond acceptors (Lipinski definition) is 3. The summed E-state index contributed by atoms with van der Waals surface area (Å²) in [5.41, 5.74) is 0.705. The van der Waals surface area contributed by atoms with Gasteiger partial charge in [0.1, 0.15) is 5.75 Å². The number of likely N-dealkylation sites (tertiary alicyclic amines) is 1. The predicted octanol–water partition coefficient (Wildman–Crippen LogP) is 3.21. The van der Waals surface area contributed by atoms with Gasteiger partial charge in [-0.25, -0.2) is 0 Å². The van der Waals surface area contributed by atoms with E-state index in [0.717, 1.165) is 25.8 Å². The van der Waals surface area contributed by atoms with Gasteiger partial charge in [-0.2, -0.15) is 8.78 Å². The van der Waals surface area contributed by atoms with Gasteiger partial charge in [0, 0.05) is 32.1 Å². The third-order valence-corrected chi connectivity index (χ3v) is 4.11. The summed E-state index contributed by atoms with van der Waals surface area (Å²) in [4.78, 5) is 25.5. The molecule has 0 spiro atoms. The maximum atomic E-state index is 12.1. The van der Waals surface area contributed by atoms with Gasteiger partial charge in [0.25, 0.3) is 0 Å². The fourth-order valence-electron chi connectivity index (χ4n) is 2.75. The topological polar surface area (TPSA) is 58.6 Å². The quantitative estimate of drug-likeness (QED) is 0.568. The molecule has 1 aromatic rings. The number of nitrogens with zero attached hydrogens (tertiary/aromatic N) is 1. The first-order valence-corrected chi connectivity index (χ1v) is 8.83. The molecule has 2 rings (SSSR count). The highest BCUT2D eigenvalue weighted by Crippen LogP contribution is 2.15. The fraction of sp³-hybridized carbons (Fsp3) is 0.474. The van der Waals surface area contributed by atoms with Crippen molar-refractivity contribution < 1.29 is 23.1 Å². The van der Waals surface area contributed by atoms with Crippen molar-refractivity contribution in [1.29, 1.82) is 0 Å². The van der Waals surface area contributed by atoms with Crippen LogP contribution in [-0.4, -0.2) is 43.0 Å². The zero-order valence-corrected chi connectivity index (χ0v) is 14.6. The molecule has 1 aliphatic rings. The lowest BCUT2D eigenvalue weighted by molar-refractivity contribution is -0.130. The van der Waals surface area contributed by atoms with Gasteiger partial charge in [0.05, 0.1) is 0 Å². The Morgan fingerprint density at radius 1 is 1.23 bits per heavy atom. The molecular weight excluding hydrogens is 342 g/mol. The molecule has 0 radical (unpaired) electrons. The van der Waals surface area contributed by atoms with Crippen LogP contribution in [0.2, 0.25) is 0 Å². The minimum Gasteiger partial charge on any atom is -0.435 e. The number of benzene rings is 1. The summed E-state index contributed by atoms with van der Waals surface area (Å²) in [6.07, 6.45) is 7.42. The van der Waals surface area contributed by atoms with Gasteiger partial charge in [0.15, 0.2) is 0 Å². The smallest absolute Gasteiger partial charge is 0.387 e. The highest BCUT2D eigenvalue weighted by Gasteiger charge is 2.15. The number of amides is 2. The zero-order valence-electron chi connectivity index (χ0n) is 14.6. The van der Waals surface area contributed by atoms with E-state index in [-0.39, 0.29) is 17.6 Å². The van der Waals surface area contributed by atoms with E-state index in [1.807, 2.05) is 4.90 Å². The number of rotatable bonds is 8. The summed E-state index contributed by atoms with van der Waals surface area (Å²) >= 11 is 0. The molecule has 1 aliphatic heterocycles. The number of alkyl halides is 2. The lowest BCUT2D eigenvalue weighted by Gasteiger charge is -2.20. The van der Waals surface area contributed by atoms with Crippen molar-refractivity contribution in [2.24, 2.45) is 0 Å². The van der Waals surface area contributed by atoms with Crippen molar-refractivity contribution in [2.45, 2.75) is 38.7 Å². The molecule has 0 aliphatic carbocycles. The molecule has 1 fully saturated rings. The molecule has 0 atom stereocenters. The Kier molecular flexibility index (Phi) is 8.05. The van der Waals surface area contributed by atoms with E-state index >= 15 is 0 Å². The lowest BCUT2D eigenvalue weighted by Crippen LogP contribution is -2.33. The summed E-state index contributed by atoms with van der Waals surface area (Å²) in [5, 5.41) is 2.77. The van der Waals surface area contributed by atoms with Gasteiger partial charge in [-0.1, -0.05) is 18.6 Å². The summed E-state index contributed by atoms with van der Waals surface area (Å²) in [5.74, 6) is 0.0396. The van der Waals surface area contributed by atoms with Crippen molar-refractivity contribution in [2.75, 3.05) is 19.6 Å².